The lowest BCUT2D eigenvalue weighted by molar-refractivity contribution is 0.228. The molecular formula is C25H26FN7O2. The topological polar surface area (TPSA) is 102 Å². The van der Waals surface area contributed by atoms with Gasteiger partial charge in [0.1, 0.15) is 17.3 Å². The molecular weight excluding hydrogens is 449 g/mol. The molecule has 2 aromatic heterocycles. The highest BCUT2D eigenvalue weighted by Crippen LogP contribution is 2.39. The fraction of sp³-hybridized carbons (Fsp3) is 0.280. The summed E-state index contributed by atoms with van der Waals surface area (Å²) in [4.78, 5) is 24.7. The van der Waals surface area contributed by atoms with E-state index >= 15 is 4.39 Å². The summed E-state index contributed by atoms with van der Waals surface area (Å²) >= 11 is 0. The zero-order valence-electron chi connectivity index (χ0n) is 19.6. The smallest absolute Gasteiger partial charge is 0.328 e. The maximum Gasteiger partial charge on any atom is 0.328 e. The molecule has 1 aromatic carbocycles. The monoisotopic (exact) mass is 475 g/mol. The second kappa shape index (κ2) is 9.21. The number of amides is 2. The number of allylic oxidation sites excluding steroid dienone is 4. The van der Waals surface area contributed by atoms with Crippen molar-refractivity contribution in [2.45, 2.75) is 25.8 Å². The van der Waals surface area contributed by atoms with Crippen molar-refractivity contribution in [3.8, 4) is 17.1 Å². The van der Waals surface area contributed by atoms with Crippen LogP contribution in [0.3, 0.4) is 0 Å². The van der Waals surface area contributed by atoms with E-state index in [1.54, 1.807) is 36.4 Å². The molecule has 0 radical (unpaired) electrons. The number of anilines is 2. The highest BCUT2D eigenvalue weighted by Gasteiger charge is 2.36. The van der Waals surface area contributed by atoms with Crippen LogP contribution in [-0.2, 0) is 6.54 Å². The molecule has 180 valence electrons. The first kappa shape index (κ1) is 22.6. The van der Waals surface area contributed by atoms with Crippen molar-refractivity contribution in [1.82, 2.24) is 24.6 Å². The van der Waals surface area contributed by atoms with Gasteiger partial charge < -0.3 is 10.5 Å². The molecule has 35 heavy (non-hydrogen) atoms. The Balaban J connectivity index is 1.42. The molecule has 0 spiro atoms. The Bertz CT molecular complexity index is 1320. The van der Waals surface area contributed by atoms with E-state index in [-0.39, 0.29) is 17.9 Å². The van der Waals surface area contributed by atoms with Crippen LogP contribution in [0.1, 0.15) is 24.8 Å². The third kappa shape index (κ3) is 4.23. The zero-order chi connectivity index (χ0) is 24.5. The van der Waals surface area contributed by atoms with Gasteiger partial charge >= 0.3 is 6.03 Å². The number of carbonyl (C=O) groups excluding carboxylic acids is 1. The quantitative estimate of drug-likeness (QED) is 0.575. The number of urea groups is 1. The number of methoxy groups -OCH3 is 1. The van der Waals surface area contributed by atoms with Crippen molar-refractivity contribution in [3.05, 3.63) is 72.0 Å². The number of halogens is 1. The SMILES string of the molecule is CCn1cc(C2C=CC(F)=C(N3CCN(c4ccc(OC)cc4)C3=O)C2)c(-c2ccnc(N)n2)n1. The van der Waals surface area contributed by atoms with E-state index in [9.17, 15) is 4.79 Å². The molecule has 9 nitrogen and oxygen atoms in total. The van der Waals surface area contributed by atoms with E-state index in [1.807, 2.05) is 36.0 Å². The summed E-state index contributed by atoms with van der Waals surface area (Å²) in [6.07, 6.45) is 7.11. The summed E-state index contributed by atoms with van der Waals surface area (Å²) in [6, 6.07) is 8.76. The maximum atomic E-state index is 15.0. The Kier molecular flexibility index (Phi) is 5.94. The minimum absolute atomic E-state index is 0.159. The molecule has 1 atom stereocenters. The van der Waals surface area contributed by atoms with Gasteiger partial charge in [-0.15, -0.1) is 0 Å². The molecule has 1 aliphatic carbocycles. The average molecular weight is 476 g/mol. The predicted octanol–water partition coefficient (Wildman–Crippen LogP) is 4.12. The lowest BCUT2D eigenvalue weighted by Crippen LogP contribution is -2.32. The van der Waals surface area contributed by atoms with Gasteiger partial charge in [-0.25, -0.2) is 19.2 Å². The molecule has 3 aromatic rings. The third-order valence-corrected chi connectivity index (χ3v) is 6.31. The number of rotatable bonds is 6. The number of carbonyl (C=O) groups is 1. The van der Waals surface area contributed by atoms with Crippen molar-refractivity contribution in [2.75, 3.05) is 30.8 Å². The average Bonchev–Trinajstić information content (AvgIpc) is 3.48. The number of hydrogen-bond acceptors (Lipinski definition) is 6. The number of aryl methyl sites for hydroxylation is 1. The largest absolute Gasteiger partial charge is 0.497 e. The first-order chi connectivity index (χ1) is 17.0. The van der Waals surface area contributed by atoms with Gasteiger partial charge in [-0.2, -0.15) is 5.10 Å². The molecule has 3 heterocycles. The molecule has 0 bridgehead atoms. The molecule has 2 aliphatic rings. The lowest BCUT2D eigenvalue weighted by Gasteiger charge is -2.26. The molecule has 10 heteroatoms. The fourth-order valence-electron chi connectivity index (χ4n) is 4.49. The predicted molar refractivity (Wildman–Crippen MR) is 130 cm³/mol. The number of nitrogen functional groups attached to an aromatic ring is 1. The second-order valence-electron chi connectivity index (χ2n) is 8.34. The number of nitrogens with two attached hydrogens (primary N) is 1. The molecule has 1 saturated heterocycles. The summed E-state index contributed by atoms with van der Waals surface area (Å²) in [5.41, 5.74) is 9.08. The standard InChI is InChI=1S/C25H26FN7O2/c1-3-31-15-19(23(30-31)21-10-11-28-24(27)29-21)16-4-9-20(26)22(14-16)33-13-12-32(25(33)34)17-5-7-18(35-2)8-6-17/h4-11,15-16H,3,12-14H2,1-2H3,(H2,27,28,29). The molecule has 2 amide bonds. The van der Waals surface area contributed by atoms with E-state index in [4.69, 9.17) is 10.5 Å². The maximum absolute atomic E-state index is 15.0. The normalized spacial score (nSPS) is 18.0. The third-order valence-electron chi connectivity index (χ3n) is 6.31. The van der Waals surface area contributed by atoms with Crippen molar-refractivity contribution in [3.63, 3.8) is 0 Å². The van der Waals surface area contributed by atoms with Gasteiger partial charge in [0.25, 0.3) is 0 Å². The van der Waals surface area contributed by atoms with Gasteiger partial charge in [0.2, 0.25) is 5.95 Å². The number of nitrogens with zero attached hydrogens (tertiary/aromatic N) is 6. The summed E-state index contributed by atoms with van der Waals surface area (Å²) in [6.45, 7) is 3.53. The van der Waals surface area contributed by atoms with E-state index in [1.165, 1.54) is 11.0 Å². The summed E-state index contributed by atoms with van der Waals surface area (Å²) in [5.74, 6) is 0.285. The van der Waals surface area contributed by atoms with Gasteiger partial charge in [0.15, 0.2) is 0 Å². The van der Waals surface area contributed by atoms with Crippen LogP contribution in [0.5, 0.6) is 5.75 Å². The molecule has 1 aliphatic heterocycles. The van der Waals surface area contributed by atoms with E-state index < -0.39 is 5.83 Å². The Morgan fingerprint density at radius 2 is 1.94 bits per heavy atom. The van der Waals surface area contributed by atoms with Crippen molar-refractivity contribution in [2.24, 2.45) is 0 Å². The van der Waals surface area contributed by atoms with Crippen molar-refractivity contribution >= 4 is 17.7 Å². The number of aromatic nitrogens is 4. The molecule has 1 fully saturated rings. The van der Waals surface area contributed by atoms with Gasteiger partial charge in [-0.05, 0) is 43.3 Å². The summed E-state index contributed by atoms with van der Waals surface area (Å²) in [7, 11) is 1.59. The second-order valence-corrected chi connectivity index (χ2v) is 8.34. The highest BCUT2D eigenvalue weighted by molar-refractivity contribution is 5.95. The molecule has 5 rings (SSSR count). The Morgan fingerprint density at radius 3 is 2.66 bits per heavy atom. The van der Waals surface area contributed by atoms with Crippen LogP contribution in [0.2, 0.25) is 0 Å². The summed E-state index contributed by atoms with van der Waals surface area (Å²) < 4.78 is 22.1. The van der Waals surface area contributed by atoms with Crippen molar-refractivity contribution < 1.29 is 13.9 Å². The van der Waals surface area contributed by atoms with Gasteiger partial charge in [0.05, 0.1) is 18.5 Å². The van der Waals surface area contributed by atoms with Crippen LogP contribution in [0.15, 0.2) is 66.4 Å². The summed E-state index contributed by atoms with van der Waals surface area (Å²) in [5, 5.41) is 4.67. The zero-order valence-corrected chi connectivity index (χ0v) is 19.6. The number of benzene rings is 1. The highest BCUT2D eigenvalue weighted by atomic mass is 19.1. The fourth-order valence-corrected chi connectivity index (χ4v) is 4.49. The van der Waals surface area contributed by atoms with Crippen LogP contribution < -0.4 is 15.4 Å². The van der Waals surface area contributed by atoms with Gasteiger partial charge in [-0.3, -0.25) is 14.5 Å². The molecule has 1 unspecified atom stereocenters. The van der Waals surface area contributed by atoms with Crippen LogP contribution >= 0.6 is 0 Å². The van der Waals surface area contributed by atoms with Crippen LogP contribution in [0, 0.1) is 0 Å². The van der Waals surface area contributed by atoms with Crippen LogP contribution in [-0.4, -0.2) is 50.9 Å². The lowest BCUT2D eigenvalue weighted by atomic mass is 9.89. The molecule has 0 saturated carbocycles. The van der Waals surface area contributed by atoms with E-state index in [2.05, 4.69) is 15.1 Å². The Morgan fingerprint density at radius 1 is 1.17 bits per heavy atom. The first-order valence-electron chi connectivity index (χ1n) is 11.4. The minimum atomic E-state index is -0.401. The van der Waals surface area contributed by atoms with Gasteiger partial charge in [-0.1, -0.05) is 6.08 Å². The van der Waals surface area contributed by atoms with Crippen LogP contribution in [0.4, 0.5) is 20.8 Å². The van der Waals surface area contributed by atoms with Crippen LogP contribution in [0.25, 0.3) is 11.4 Å². The van der Waals surface area contributed by atoms with Gasteiger partial charge in [0, 0.05) is 55.6 Å². The number of hydrogen-bond donors (Lipinski definition) is 1. The van der Waals surface area contributed by atoms with Crippen molar-refractivity contribution in [1.29, 1.82) is 0 Å². The molecule has 2 N–H and O–H groups in total. The Labute approximate surface area is 202 Å². The van der Waals surface area contributed by atoms with E-state index in [0.717, 1.165) is 11.3 Å². The first-order valence-corrected chi connectivity index (χ1v) is 11.4. The van der Waals surface area contributed by atoms with E-state index in [0.29, 0.717) is 48.9 Å². The minimum Gasteiger partial charge on any atom is -0.497 e. The Hall–Kier alpha value is -4.21. The number of ether oxygens (including phenoxy) is 1.